The second-order valence-electron chi connectivity index (χ2n) is 15.3. The largest absolute Gasteiger partial charge is 0.472 e. The third kappa shape index (κ3) is 44.6. The van der Waals surface area contributed by atoms with E-state index in [0.717, 1.165) is 77.0 Å². The molecule has 7 nitrogen and oxygen atoms in total. The third-order valence-corrected chi connectivity index (χ3v) is 9.67. The van der Waals surface area contributed by atoms with Crippen molar-refractivity contribution in [1.29, 1.82) is 0 Å². The SMILES string of the molecule is CCCCC/C=C\C/C=C\C/C=C\C/C=C\CCCCOCC(COP(=O)(O)OCC[N+](C)(C)C)OCCCC/C=C\C/C=C\C/C=C\C/C=C\CCCCC. The van der Waals surface area contributed by atoms with Crippen molar-refractivity contribution in [1.82, 2.24) is 0 Å². The molecule has 0 rings (SSSR count). The third-order valence-electron chi connectivity index (χ3n) is 8.69. The van der Waals surface area contributed by atoms with Crippen molar-refractivity contribution >= 4 is 7.82 Å². The number of rotatable bonds is 40. The van der Waals surface area contributed by atoms with Crippen LogP contribution in [-0.2, 0) is 23.1 Å². The average molecular weight is 803 g/mol. The number of phosphoric acid groups is 1. The fourth-order valence-corrected chi connectivity index (χ4v) is 5.95. The zero-order valence-electron chi connectivity index (χ0n) is 36.6. The first kappa shape index (κ1) is 53.9. The van der Waals surface area contributed by atoms with Crippen LogP contribution < -0.4 is 0 Å². The molecule has 0 aromatic heterocycles. The number of nitrogens with zero attached hydrogens (tertiary/aromatic N) is 1. The molecular weight excluding hydrogens is 718 g/mol. The Hall–Kier alpha value is -2.09. The highest BCUT2D eigenvalue weighted by Gasteiger charge is 2.25. The van der Waals surface area contributed by atoms with Crippen LogP contribution >= 0.6 is 7.82 Å². The van der Waals surface area contributed by atoms with E-state index in [2.05, 4.69) is 111 Å². The monoisotopic (exact) mass is 803 g/mol. The van der Waals surface area contributed by atoms with Crippen LogP contribution in [0.2, 0.25) is 0 Å². The Labute approximate surface area is 345 Å². The molecule has 0 fully saturated rings. The molecule has 0 heterocycles. The smallest absolute Gasteiger partial charge is 0.379 e. The molecule has 8 heteroatoms. The van der Waals surface area contributed by atoms with Gasteiger partial charge in [0.2, 0.25) is 0 Å². The highest BCUT2D eigenvalue weighted by Crippen LogP contribution is 2.43. The molecule has 0 aliphatic rings. The molecule has 0 aliphatic carbocycles. The summed E-state index contributed by atoms with van der Waals surface area (Å²) in [6.45, 7) is 6.60. The van der Waals surface area contributed by atoms with E-state index in [-0.39, 0.29) is 13.2 Å². The predicted octanol–water partition coefficient (Wildman–Crippen LogP) is 13.5. The van der Waals surface area contributed by atoms with Crippen LogP contribution in [0.4, 0.5) is 0 Å². The molecule has 2 atom stereocenters. The van der Waals surface area contributed by atoms with Crippen LogP contribution in [0.1, 0.15) is 142 Å². The summed E-state index contributed by atoms with van der Waals surface area (Å²) in [5.74, 6) is 0. The highest BCUT2D eigenvalue weighted by atomic mass is 31.2. The molecule has 0 aromatic rings. The summed E-state index contributed by atoms with van der Waals surface area (Å²) in [5, 5.41) is 0. The number of phosphoric ester groups is 1. The van der Waals surface area contributed by atoms with Gasteiger partial charge in [-0.05, 0) is 103 Å². The van der Waals surface area contributed by atoms with Crippen LogP contribution in [0.5, 0.6) is 0 Å². The summed E-state index contributed by atoms with van der Waals surface area (Å²) in [4.78, 5) is 10.2. The number of ether oxygens (including phenoxy) is 2. The van der Waals surface area contributed by atoms with E-state index in [1.165, 1.54) is 51.4 Å². The normalized spacial score (nSPS) is 14.9. The van der Waals surface area contributed by atoms with Gasteiger partial charge in [0.05, 0.1) is 34.4 Å². The van der Waals surface area contributed by atoms with Gasteiger partial charge in [0, 0.05) is 13.2 Å². The Morgan fingerprint density at radius 2 is 0.857 bits per heavy atom. The number of hydrogen-bond acceptors (Lipinski definition) is 5. The van der Waals surface area contributed by atoms with Gasteiger partial charge in [-0.2, -0.15) is 0 Å². The maximum atomic E-state index is 12.5. The van der Waals surface area contributed by atoms with Gasteiger partial charge in [-0.15, -0.1) is 0 Å². The molecule has 0 bridgehead atoms. The van der Waals surface area contributed by atoms with E-state index in [9.17, 15) is 9.46 Å². The lowest BCUT2D eigenvalue weighted by molar-refractivity contribution is -0.870. The van der Waals surface area contributed by atoms with Crippen molar-refractivity contribution in [2.75, 3.05) is 60.7 Å². The van der Waals surface area contributed by atoms with Crippen LogP contribution in [0.25, 0.3) is 0 Å². The van der Waals surface area contributed by atoms with Crippen molar-refractivity contribution in [3.63, 3.8) is 0 Å². The van der Waals surface area contributed by atoms with Crippen molar-refractivity contribution in [2.45, 2.75) is 148 Å². The summed E-state index contributed by atoms with van der Waals surface area (Å²) in [7, 11) is 1.83. The van der Waals surface area contributed by atoms with Crippen LogP contribution in [-0.4, -0.2) is 76.2 Å². The first-order valence-corrected chi connectivity index (χ1v) is 23.5. The summed E-state index contributed by atoms with van der Waals surface area (Å²) in [5.41, 5.74) is 0. The fraction of sp³-hybridized carbons (Fsp3) is 0.667. The summed E-state index contributed by atoms with van der Waals surface area (Å²) < 4.78 is 35.6. The molecule has 0 aliphatic heterocycles. The van der Waals surface area contributed by atoms with Gasteiger partial charge in [0.25, 0.3) is 0 Å². The first-order valence-electron chi connectivity index (χ1n) is 22.0. The first-order chi connectivity index (χ1) is 27.2. The van der Waals surface area contributed by atoms with E-state index < -0.39 is 13.9 Å². The maximum absolute atomic E-state index is 12.5. The summed E-state index contributed by atoms with van der Waals surface area (Å²) >= 11 is 0. The minimum Gasteiger partial charge on any atom is -0.379 e. The zero-order chi connectivity index (χ0) is 41.1. The lowest BCUT2D eigenvalue weighted by Gasteiger charge is -2.24. The van der Waals surface area contributed by atoms with Gasteiger partial charge in [0.15, 0.2) is 0 Å². The van der Waals surface area contributed by atoms with Gasteiger partial charge < -0.3 is 18.9 Å². The van der Waals surface area contributed by atoms with Crippen molar-refractivity contribution in [3.8, 4) is 0 Å². The molecule has 1 N–H and O–H groups in total. The molecule has 56 heavy (non-hydrogen) atoms. The molecule has 2 unspecified atom stereocenters. The molecule has 0 aromatic carbocycles. The van der Waals surface area contributed by atoms with E-state index in [1.807, 2.05) is 21.1 Å². The fourth-order valence-electron chi connectivity index (χ4n) is 5.21. The number of hydrogen-bond donors (Lipinski definition) is 1. The Morgan fingerprint density at radius 3 is 1.25 bits per heavy atom. The summed E-state index contributed by atoms with van der Waals surface area (Å²) in [6.07, 6.45) is 57.4. The standard InChI is InChI=1S/C48H84NO6P/c1-6-8-10-12-14-16-18-20-22-24-26-28-30-32-34-36-38-40-43-52-46-48(47-55-56(50,51)54-45-42-49(3,4)5)53-44-41-39-37-35-33-31-29-27-25-23-21-19-17-15-13-11-9-7-2/h14-17,20-23,26-29,32-35,48H,6-13,18-19,24-25,30-31,36-47H2,1-5H3/p+1/b16-14-,17-15-,22-20-,23-21-,28-26-,29-27-,34-32-,35-33-. The quantitative estimate of drug-likeness (QED) is 0.0288. The second kappa shape index (κ2) is 41.1. The van der Waals surface area contributed by atoms with Crippen molar-refractivity contribution < 1.29 is 32.5 Å². The molecular formula is C48H85NO6P+. The molecule has 0 spiro atoms. The zero-order valence-corrected chi connectivity index (χ0v) is 37.5. The molecule has 0 radical (unpaired) electrons. The predicted molar refractivity (Wildman–Crippen MR) is 242 cm³/mol. The molecule has 0 saturated carbocycles. The van der Waals surface area contributed by atoms with Gasteiger partial charge in [-0.25, -0.2) is 4.57 Å². The van der Waals surface area contributed by atoms with Crippen molar-refractivity contribution in [2.24, 2.45) is 0 Å². The lowest BCUT2D eigenvalue weighted by atomic mass is 10.2. The van der Waals surface area contributed by atoms with E-state index in [0.29, 0.717) is 30.8 Å². The second-order valence-corrected chi connectivity index (χ2v) is 16.8. The highest BCUT2D eigenvalue weighted by molar-refractivity contribution is 7.47. The van der Waals surface area contributed by atoms with Gasteiger partial charge >= 0.3 is 7.82 Å². The minimum atomic E-state index is -4.18. The van der Waals surface area contributed by atoms with Gasteiger partial charge in [-0.3, -0.25) is 9.05 Å². The number of likely N-dealkylation sites (N-methyl/N-ethyl adjacent to an activating group) is 1. The number of allylic oxidation sites excluding steroid dienone is 16. The van der Waals surface area contributed by atoms with Crippen LogP contribution in [0, 0.1) is 0 Å². The Kier molecular flexibility index (Phi) is 39.5. The Balaban J connectivity index is 4.32. The van der Waals surface area contributed by atoms with Crippen LogP contribution in [0.15, 0.2) is 97.2 Å². The maximum Gasteiger partial charge on any atom is 0.472 e. The van der Waals surface area contributed by atoms with Crippen LogP contribution in [0.3, 0.4) is 0 Å². The summed E-state index contributed by atoms with van der Waals surface area (Å²) in [6, 6.07) is 0. The average Bonchev–Trinajstić information content (AvgIpc) is 3.16. The van der Waals surface area contributed by atoms with E-state index in [4.69, 9.17) is 18.5 Å². The minimum absolute atomic E-state index is 0.0580. The molecule has 0 amide bonds. The van der Waals surface area contributed by atoms with E-state index in [1.54, 1.807) is 0 Å². The van der Waals surface area contributed by atoms with Crippen molar-refractivity contribution in [3.05, 3.63) is 97.2 Å². The lowest BCUT2D eigenvalue weighted by Crippen LogP contribution is -2.37. The van der Waals surface area contributed by atoms with Gasteiger partial charge in [-0.1, -0.05) is 137 Å². The molecule has 322 valence electrons. The Morgan fingerprint density at radius 1 is 0.482 bits per heavy atom. The topological polar surface area (TPSA) is 74.2 Å². The number of unbranched alkanes of at least 4 members (excludes halogenated alkanes) is 10. The molecule has 0 saturated heterocycles. The van der Waals surface area contributed by atoms with E-state index >= 15 is 0 Å². The Bertz CT molecular complexity index is 1150. The van der Waals surface area contributed by atoms with Gasteiger partial charge in [0.1, 0.15) is 19.3 Å². The number of quaternary nitrogens is 1.